The molecule has 0 unspecified atom stereocenters. The number of rotatable bonds is 11. The van der Waals surface area contributed by atoms with Crippen molar-refractivity contribution >= 4 is 40.5 Å². The van der Waals surface area contributed by atoms with Gasteiger partial charge in [0.2, 0.25) is 11.7 Å². The summed E-state index contributed by atoms with van der Waals surface area (Å²) in [6, 6.07) is 17.0. The number of amides is 2. The number of fused-ring (bicyclic) bond motifs is 3. The zero-order valence-electron chi connectivity index (χ0n) is 38.0. The van der Waals surface area contributed by atoms with Crippen LogP contribution in [0.4, 0.5) is 13.2 Å². The molecule has 20 heteroatoms. The summed E-state index contributed by atoms with van der Waals surface area (Å²) in [7, 11) is 0. The molecule has 3 aliphatic rings. The van der Waals surface area contributed by atoms with Crippen LogP contribution in [0, 0.1) is 33.6 Å². The lowest BCUT2D eigenvalue weighted by Crippen LogP contribution is -2.48. The Balaban J connectivity index is 0.802. The zero-order chi connectivity index (χ0) is 48.0. The van der Waals surface area contributed by atoms with Crippen LogP contribution in [0.3, 0.4) is 0 Å². The van der Waals surface area contributed by atoms with E-state index in [4.69, 9.17) is 16.6 Å². The Morgan fingerprint density at radius 2 is 1.53 bits per heavy atom. The van der Waals surface area contributed by atoms with E-state index >= 15 is 0 Å². The Kier molecular flexibility index (Phi) is 13.2. The fourth-order valence-electron chi connectivity index (χ4n) is 9.27. The number of benzene rings is 3. The number of likely N-dealkylation sites (tertiary alicyclic amines) is 1. The highest BCUT2D eigenvalue weighted by Gasteiger charge is 2.35. The minimum Gasteiger partial charge on any atom is -0.508 e. The number of nitrogens with one attached hydrogen (secondary N) is 1. The quantitative estimate of drug-likeness (QED) is 0.118. The number of aliphatic imine (C=N–C) groups is 1. The average molecular weight is 971 g/mol. The van der Waals surface area contributed by atoms with Crippen molar-refractivity contribution in [2.24, 2.45) is 10.9 Å². The lowest BCUT2D eigenvalue weighted by Gasteiger charge is -2.39. The van der Waals surface area contributed by atoms with Gasteiger partial charge in [-0.3, -0.25) is 28.6 Å². The molecule has 1 atom stereocenters. The van der Waals surface area contributed by atoms with Gasteiger partial charge in [-0.1, -0.05) is 35.9 Å². The Bertz CT molecular complexity index is 2880. The molecule has 6 heterocycles. The van der Waals surface area contributed by atoms with Gasteiger partial charge in [0.25, 0.3) is 5.91 Å². The third-order valence-corrected chi connectivity index (χ3v) is 14.6. The van der Waals surface area contributed by atoms with Crippen molar-refractivity contribution in [2.75, 3.05) is 52.4 Å². The molecule has 2 amide bonds. The maximum atomic E-state index is 14.1. The Morgan fingerprint density at radius 1 is 0.838 bits per heavy atom. The van der Waals surface area contributed by atoms with Gasteiger partial charge in [-0.05, 0) is 93.5 Å². The Labute approximate surface area is 399 Å². The maximum absolute atomic E-state index is 14.1. The predicted octanol–water partition coefficient (Wildman–Crippen LogP) is 7.51. The van der Waals surface area contributed by atoms with E-state index < -0.39 is 30.5 Å². The molecule has 9 rings (SSSR count). The summed E-state index contributed by atoms with van der Waals surface area (Å²) in [5.41, 5.74) is 5.88. The van der Waals surface area contributed by atoms with Crippen molar-refractivity contribution in [2.45, 2.75) is 65.7 Å². The molecular weight excluding hydrogens is 919 g/mol. The molecule has 3 aliphatic heterocycles. The minimum atomic E-state index is -4.64. The highest BCUT2D eigenvalue weighted by Crippen LogP contribution is 2.40. The van der Waals surface area contributed by atoms with Crippen molar-refractivity contribution in [1.82, 2.24) is 49.5 Å². The summed E-state index contributed by atoms with van der Waals surface area (Å²) in [6.45, 7) is 12.7. The number of piperazine rings is 1. The number of aromatic hydroxyl groups is 2. The molecule has 3 N–H and O–H groups in total. The summed E-state index contributed by atoms with van der Waals surface area (Å²) < 4.78 is 42.4. The minimum absolute atomic E-state index is 0.0156. The topological polar surface area (TPSA) is 170 Å². The average Bonchev–Trinajstić information content (AvgIpc) is 3.98. The fraction of sp³-hybridized carbons (Fsp3) is 0.396. The van der Waals surface area contributed by atoms with Crippen LogP contribution < -0.4 is 5.32 Å². The molecule has 2 fully saturated rings. The largest absolute Gasteiger partial charge is 0.508 e. The van der Waals surface area contributed by atoms with Crippen LogP contribution in [0.1, 0.15) is 80.3 Å². The van der Waals surface area contributed by atoms with Crippen LogP contribution in [0.5, 0.6) is 11.5 Å². The first kappa shape index (κ1) is 46.9. The molecular formula is C48H51ClF3N11O4S. The van der Waals surface area contributed by atoms with Gasteiger partial charge in [0.15, 0.2) is 11.6 Å². The number of carbonyl (C=O) groups is 2. The molecule has 6 aromatic rings. The number of phenolic OH excluding ortho intramolecular Hbond substituents is 2. The maximum Gasteiger partial charge on any atom is 0.405 e. The van der Waals surface area contributed by atoms with E-state index in [1.807, 2.05) is 53.5 Å². The number of phenols is 2. The van der Waals surface area contributed by atoms with Crippen LogP contribution in [-0.4, -0.2) is 131 Å². The first-order valence-electron chi connectivity index (χ1n) is 22.5. The van der Waals surface area contributed by atoms with Gasteiger partial charge in [0.05, 0.1) is 17.7 Å². The second-order valence-electron chi connectivity index (χ2n) is 17.8. The summed E-state index contributed by atoms with van der Waals surface area (Å²) in [6.07, 6.45) is -2.62. The van der Waals surface area contributed by atoms with Gasteiger partial charge >= 0.3 is 6.18 Å². The second kappa shape index (κ2) is 19.1. The third-order valence-electron chi connectivity index (χ3n) is 13.1. The number of piperidine rings is 1. The number of aryl methyl sites for hydroxylation is 3. The Morgan fingerprint density at radius 3 is 2.22 bits per heavy atom. The molecule has 0 radical (unpaired) electrons. The van der Waals surface area contributed by atoms with Crippen LogP contribution in [-0.2, 0) is 11.3 Å². The van der Waals surface area contributed by atoms with Crippen molar-refractivity contribution < 1.29 is 33.0 Å². The summed E-state index contributed by atoms with van der Waals surface area (Å²) in [5, 5.41) is 41.3. The van der Waals surface area contributed by atoms with Crippen LogP contribution >= 0.6 is 22.9 Å². The second-order valence-corrected chi connectivity index (χ2v) is 19.5. The number of aromatic nitrogens is 6. The number of hydrogen-bond donors (Lipinski definition) is 3. The summed E-state index contributed by atoms with van der Waals surface area (Å²) >= 11 is 7.97. The van der Waals surface area contributed by atoms with Gasteiger partial charge in [-0.2, -0.15) is 13.2 Å². The number of nitrogens with zero attached hydrogens (tertiary/aromatic N) is 10. The molecule has 0 saturated carbocycles. The molecule has 0 spiro atoms. The molecule has 68 heavy (non-hydrogen) atoms. The molecule has 15 nitrogen and oxygen atoms in total. The summed E-state index contributed by atoms with van der Waals surface area (Å²) in [4.78, 5) is 40.4. The van der Waals surface area contributed by atoms with E-state index in [-0.39, 0.29) is 35.2 Å². The third kappa shape index (κ3) is 9.74. The number of carbonyl (C=O) groups excluding carboxylic acids is 2. The van der Waals surface area contributed by atoms with Gasteiger partial charge in [-0.25, -0.2) is 0 Å². The molecule has 3 aromatic heterocycles. The van der Waals surface area contributed by atoms with Crippen molar-refractivity contribution in [1.29, 1.82) is 0 Å². The number of halogens is 4. The molecule has 356 valence electrons. The van der Waals surface area contributed by atoms with E-state index in [1.54, 1.807) is 30.4 Å². The van der Waals surface area contributed by atoms with Gasteiger partial charge in [-0.15, -0.1) is 31.7 Å². The lowest BCUT2D eigenvalue weighted by molar-refractivity contribution is -0.133. The molecule has 0 bridgehead atoms. The molecule has 3 aromatic carbocycles. The predicted molar refractivity (Wildman–Crippen MR) is 252 cm³/mol. The Hall–Kier alpha value is -6.15. The highest BCUT2D eigenvalue weighted by atomic mass is 35.5. The number of hydrogen-bond acceptors (Lipinski definition) is 12. The van der Waals surface area contributed by atoms with Gasteiger partial charge in [0.1, 0.15) is 34.9 Å². The van der Waals surface area contributed by atoms with Crippen molar-refractivity contribution in [3.05, 3.63) is 116 Å². The van der Waals surface area contributed by atoms with E-state index in [0.717, 1.165) is 90.4 Å². The fourth-order valence-corrected chi connectivity index (χ4v) is 10.6. The van der Waals surface area contributed by atoms with Crippen LogP contribution in [0.25, 0.3) is 22.1 Å². The standard InChI is InChI=1S/C48H51ClF3N11O4S/c1-27-21-36(39(65)23-38(27)64)43-56-58-45(46(67)53-26-48(50,51)52)63(43)35-11-5-31(6-12-35)24-59-17-19-60(20-18-59)25-32-13-15-61(16-14-32)40(66)22-37-44-57-55-30(4)62(44)47-41(28(2)29(3)68-47)42(54-37)33-7-9-34(49)10-8-33/h5-12,21,23,32,37,64-65H,13-20,22,24-26H2,1-4H3,(H,53,67)/t37-/m0/s1. The smallest absolute Gasteiger partial charge is 0.405 e. The van der Waals surface area contributed by atoms with Gasteiger partial charge < -0.3 is 25.3 Å². The van der Waals surface area contributed by atoms with E-state index in [9.17, 15) is 33.0 Å². The van der Waals surface area contributed by atoms with Crippen molar-refractivity contribution in [3.63, 3.8) is 0 Å². The van der Waals surface area contributed by atoms with E-state index in [0.29, 0.717) is 47.7 Å². The SMILES string of the molecule is Cc1cc(-c2nnc(C(=O)NCC(F)(F)F)n2-c2ccc(CN3CCN(CC4CCN(C(=O)C[C@@H]5N=C(c6ccc(Cl)cc6)c6c(sc(C)c6C)-n6c(C)nnc65)CC4)CC3)cc2)c(O)cc1O. The molecule has 2 saturated heterocycles. The number of alkyl halides is 3. The monoisotopic (exact) mass is 969 g/mol. The van der Waals surface area contributed by atoms with Crippen LogP contribution in [0.15, 0.2) is 65.7 Å². The van der Waals surface area contributed by atoms with E-state index in [1.165, 1.54) is 15.5 Å². The van der Waals surface area contributed by atoms with Crippen molar-refractivity contribution in [3.8, 4) is 33.6 Å². The first-order chi connectivity index (χ1) is 32.5. The summed E-state index contributed by atoms with van der Waals surface area (Å²) in [5.74, 6) is -0.0231. The number of thiophene rings is 1. The lowest BCUT2D eigenvalue weighted by atomic mass is 9.95. The first-order valence-corrected chi connectivity index (χ1v) is 23.7. The highest BCUT2D eigenvalue weighted by molar-refractivity contribution is 7.15. The molecule has 0 aliphatic carbocycles. The van der Waals surface area contributed by atoms with Gasteiger partial charge in [0, 0.05) is 85.1 Å². The zero-order valence-corrected chi connectivity index (χ0v) is 39.6. The normalized spacial score (nSPS) is 17.1. The van der Waals surface area contributed by atoms with Crippen LogP contribution in [0.2, 0.25) is 5.02 Å². The van der Waals surface area contributed by atoms with E-state index in [2.05, 4.69) is 48.6 Å².